The van der Waals surface area contributed by atoms with Crippen molar-refractivity contribution in [3.63, 3.8) is 0 Å². The van der Waals surface area contributed by atoms with Gasteiger partial charge < -0.3 is 9.84 Å². The maximum Gasteiger partial charge on any atom is 0.516 e. The molecule has 0 radical (unpaired) electrons. The summed E-state index contributed by atoms with van der Waals surface area (Å²) in [5.41, 5.74) is 4.66. The zero-order valence-corrected chi connectivity index (χ0v) is 14.7. The van der Waals surface area contributed by atoms with Gasteiger partial charge in [0.2, 0.25) is 0 Å². The number of quaternary nitrogens is 1. The average molecular weight is 352 g/mol. The third-order valence-corrected chi connectivity index (χ3v) is 5.83. The van der Waals surface area contributed by atoms with Crippen LogP contribution in [-0.4, -0.2) is 47.9 Å². The summed E-state index contributed by atoms with van der Waals surface area (Å²) in [6, 6.07) is 15.6. The van der Waals surface area contributed by atoms with Crippen molar-refractivity contribution in [1.29, 1.82) is 0 Å². The predicted molar refractivity (Wildman–Crippen MR) is 96.8 cm³/mol. The minimum atomic E-state index is -0.932. The van der Waals surface area contributed by atoms with E-state index in [-0.39, 0.29) is 17.0 Å². The van der Waals surface area contributed by atoms with E-state index in [1.54, 1.807) is 7.05 Å². The molecule has 1 N–H and O–H groups in total. The lowest BCUT2D eigenvalue weighted by Crippen LogP contribution is -2.56. The monoisotopic (exact) mass is 352 g/mol. The van der Waals surface area contributed by atoms with E-state index in [9.17, 15) is 14.7 Å². The quantitative estimate of drug-likeness (QED) is 0.857. The Morgan fingerprint density at radius 1 is 1.08 bits per heavy atom. The Kier molecular flexibility index (Phi) is 4.04. The minimum absolute atomic E-state index is 0.0103. The Hall–Kier alpha value is -2.66. The van der Waals surface area contributed by atoms with Crippen LogP contribution in [0.1, 0.15) is 29.9 Å². The van der Waals surface area contributed by atoms with E-state index in [1.807, 2.05) is 24.3 Å². The van der Waals surface area contributed by atoms with Gasteiger partial charge in [0.1, 0.15) is 6.61 Å². The summed E-state index contributed by atoms with van der Waals surface area (Å²) in [6.07, 6.45) is 0.782. The summed E-state index contributed by atoms with van der Waals surface area (Å²) in [4.78, 5) is 24.2. The summed E-state index contributed by atoms with van der Waals surface area (Å²) < 4.78 is 5.50. The maximum absolute atomic E-state index is 12.7. The lowest BCUT2D eigenvalue weighted by atomic mass is 9.98. The molecule has 2 atom stereocenters. The molecule has 1 aliphatic carbocycles. The molecular weight excluding hydrogens is 330 g/mol. The first kappa shape index (κ1) is 16.8. The number of carboxylic acid groups (broad SMARTS) is 1. The summed E-state index contributed by atoms with van der Waals surface area (Å²) in [5, 5.41) is 9.41. The number of aliphatic carboxylic acids is 1. The van der Waals surface area contributed by atoms with Gasteiger partial charge in [0.05, 0.1) is 13.6 Å². The smallest absolute Gasteiger partial charge is 0.477 e. The Labute approximate surface area is 152 Å². The van der Waals surface area contributed by atoms with E-state index in [0.717, 1.165) is 17.5 Å². The van der Waals surface area contributed by atoms with Crippen LogP contribution in [0.15, 0.2) is 48.5 Å². The number of carbonyl (C=O) groups is 2. The van der Waals surface area contributed by atoms with Gasteiger partial charge in [-0.15, -0.1) is 0 Å². The van der Waals surface area contributed by atoms with E-state index < -0.39 is 18.1 Å². The van der Waals surface area contributed by atoms with Crippen LogP contribution >= 0.6 is 0 Å². The molecule has 134 valence electrons. The SMILES string of the molecule is C[N+]1(C(=O)OCC2c3ccccc3-c3ccccc32)CCC[C@H]1C(=O)O. The first-order valence-electron chi connectivity index (χ1n) is 8.96. The molecule has 1 saturated heterocycles. The molecule has 2 aromatic carbocycles. The molecule has 1 fully saturated rings. The Bertz CT molecular complexity index is 832. The Balaban J connectivity index is 1.57. The van der Waals surface area contributed by atoms with Crippen molar-refractivity contribution in [3.05, 3.63) is 59.7 Å². The minimum Gasteiger partial charge on any atom is -0.477 e. The molecule has 4 rings (SSSR count). The van der Waals surface area contributed by atoms with E-state index in [4.69, 9.17) is 4.74 Å². The van der Waals surface area contributed by atoms with E-state index in [0.29, 0.717) is 13.0 Å². The van der Waals surface area contributed by atoms with Crippen LogP contribution in [0.2, 0.25) is 0 Å². The molecule has 0 spiro atoms. The fourth-order valence-electron chi connectivity index (χ4n) is 4.38. The van der Waals surface area contributed by atoms with Gasteiger partial charge in [0.15, 0.2) is 6.04 Å². The van der Waals surface area contributed by atoms with Crippen molar-refractivity contribution in [2.45, 2.75) is 24.8 Å². The molecule has 5 nitrogen and oxygen atoms in total. The molecule has 1 amide bonds. The van der Waals surface area contributed by atoms with Crippen molar-refractivity contribution in [1.82, 2.24) is 0 Å². The zero-order chi connectivity index (χ0) is 18.3. The number of hydrogen-bond acceptors (Lipinski definition) is 3. The first-order chi connectivity index (χ1) is 12.5. The topological polar surface area (TPSA) is 63.6 Å². The number of hydrogen-bond donors (Lipinski definition) is 1. The predicted octanol–water partition coefficient (Wildman–Crippen LogP) is 3.63. The van der Waals surface area contributed by atoms with Crippen LogP contribution < -0.4 is 0 Å². The van der Waals surface area contributed by atoms with Crippen molar-refractivity contribution < 1.29 is 23.9 Å². The maximum atomic E-state index is 12.7. The largest absolute Gasteiger partial charge is 0.516 e. The summed E-state index contributed by atoms with van der Waals surface area (Å²) >= 11 is 0. The molecule has 1 unspecified atom stereocenters. The second-order valence-corrected chi connectivity index (χ2v) is 7.29. The molecule has 1 aliphatic heterocycles. The number of likely N-dealkylation sites (N-methyl/N-ethyl adjacent to an activating group) is 1. The van der Waals surface area contributed by atoms with E-state index >= 15 is 0 Å². The zero-order valence-electron chi connectivity index (χ0n) is 14.7. The third-order valence-electron chi connectivity index (χ3n) is 5.83. The molecule has 2 aromatic rings. The van der Waals surface area contributed by atoms with Crippen LogP contribution in [0.5, 0.6) is 0 Å². The van der Waals surface area contributed by atoms with Gasteiger partial charge in [0, 0.05) is 18.8 Å². The Morgan fingerprint density at radius 2 is 1.65 bits per heavy atom. The summed E-state index contributed by atoms with van der Waals surface area (Å²) in [5.74, 6) is -0.942. The third kappa shape index (κ3) is 2.51. The van der Waals surface area contributed by atoms with E-state index in [2.05, 4.69) is 24.3 Å². The Morgan fingerprint density at radius 3 is 2.23 bits per heavy atom. The highest BCUT2D eigenvalue weighted by Crippen LogP contribution is 2.44. The summed E-state index contributed by atoms with van der Waals surface area (Å²) in [7, 11) is 1.67. The van der Waals surface area contributed by atoms with E-state index in [1.165, 1.54) is 11.1 Å². The van der Waals surface area contributed by atoms with Gasteiger partial charge in [0.25, 0.3) is 0 Å². The molecule has 2 aliphatic rings. The van der Waals surface area contributed by atoms with Gasteiger partial charge >= 0.3 is 12.1 Å². The van der Waals surface area contributed by atoms with Crippen molar-refractivity contribution >= 4 is 12.1 Å². The molecule has 0 bridgehead atoms. The van der Waals surface area contributed by atoms with Crippen LogP contribution in [0, 0.1) is 0 Å². The standard InChI is InChI=1S/C21H21NO4/c1-22(12-6-11-19(22)20(23)24)21(25)26-13-18-16-9-4-2-7-14(16)15-8-3-5-10-17(15)18/h2-5,7-10,18-19H,6,11-13H2,1H3/p+1/t19-,22?/m0/s1. The molecular formula is C21H22NO4+. The number of amides is 1. The average Bonchev–Trinajstić information content (AvgIpc) is 3.19. The molecule has 1 heterocycles. The second-order valence-electron chi connectivity index (χ2n) is 7.29. The lowest BCUT2D eigenvalue weighted by Gasteiger charge is -2.29. The number of rotatable bonds is 3. The van der Waals surface area contributed by atoms with Gasteiger partial charge in [-0.25, -0.2) is 9.28 Å². The number of fused-ring (bicyclic) bond motifs is 3. The van der Waals surface area contributed by atoms with Gasteiger partial charge in [-0.05, 0) is 22.3 Å². The molecule has 26 heavy (non-hydrogen) atoms. The van der Waals surface area contributed by atoms with Crippen LogP contribution in [0.4, 0.5) is 4.79 Å². The highest BCUT2D eigenvalue weighted by Gasteiger charge is 2.50. The van der Waals surface area contributed by atoms with Crippen LogP contribution in [-0.2, 0) is 9.53 Å². The van der Waals surface area contributed by atoms with Crippen molar-refractivity contribution in [3.8, 4) is 11.1 Å². The number of nitrogens with zero attached hydrogens (tertiary/aromatic N) is 1. The number of benzene rings is 2. The number of carboxylic acids is 1. The fourth-order valence-corrected chi connectivity index (χ4v) is 4.38. The van der Waals surface area contributed by atoms with Crippen LogP contribution in [0.25, 0.3) is 11.1 Å². The highest BCUT2D eigenvalue weighted by molar-refractivity contribution is 5.79. The first-order valence-corrected chi connectivity index (χ1v) is 8.96. The number of carbonyl (C=O) groups excluding carboxylic acids is 1. The lowest BCUT2D eigenvalue weighted by molar-refractivity contribution is -0.841. The van der Waals surface area contributed by atoms with Gasteiger partial charge in [-0.1, -0.05) is 48.5 Å². The number of likely N-dealkylation sites (tertiary alicyclic amines) is 1. The normalized spacial score (nSPS) is 24.1. The highest BCUT2D eigenvalue weighted by atomic mass is 16.6. The summed E-state index contributed by atoms with van der Waals surface area (Å²) in [6.45, 7) is 0.737. The van der Waals surface area contributed by atoms with Gasteiger partial charge in [-0.3, -0.25) is 0 Å². The molecule has 5 heteroatoms. The second kappa shape index (κ2) is 6.25. The van der Waals surface area contributed by atoms with Crippen LogP contribution in [0.3, 0.4) is 0 Å². The number of ether oxygens (including phenoxy) is 1. The van der Waals surface area contributed by atoms with Gasteiger partial charge in [-0.2, -0.15) is 4.79 Å². The van der Waals surface area contributed by atoms with Crippen molar-refractivity contribution in [2.75, 3.05) is 20.2 Å². The molecule has 0 saturated carbocycles. The van der Waals surface area contributed by atoms with Crippen molar-refractivity contribution in [2.24, 2.45) is 0 Å². The fraction of sp³-hybridized carbons (Fsp3) is 0.333. The molecule has 0 aromatic heterocycles.